The van der Waals surface area contributed by atoms with Crippen LogP contribution in [0.4, 0.5) is 0 Å². The van der Waals surface area contributed by atoms with Gasteiger partial charge in [-0.3, -0.25) is 9.69 Å². The van der Waals surface area contributed by atoms with E-state index in [9.17, 15) is 9.90 Å². The second-order valence-corrected chi connectivity index (χ2v) is 5.24. The standard InChI is InChI=1S/C12H21NO2/c1-9-7-13(8-9)11(12(14)15)10-5-3-2-4-6-10/h9-11H,2-8H2,1H3,(H,14,15). The van der Waals surface area contributed by atoms with Crippen molar-refractivity contribution in [3.8, 4) is 0 Å². The lowest BCUT2D eigenvalue weighted by atomic mass is 9.81. The molecule has 1 atom stereocenters. The Morgan fingerprint density at radius 1 is 1.27 bits per heavy atom. The van der Waals surface area contributed by atoms with Gasteiger partial charge in [0.05, 0.1) is 0 Å². The SMILES string of the molecule is CC1CN(C(C(=O)O)C2CCCCC2)C1. The molecular formula is C12H21NO2. The zero-order valence-electron chi connectivity index (χ0n) is 9.48. The van der Waals surface area contributed by atoms with Crippen molar-refractivity contribution in [3.63, 3.8) is 0 Å². The number of carboxylic acids is 1. The highest BCUT2D eigenvalue weighted by Crippen LogP contribution is 2.32. The van der Waals surface area contributed by atoms with Crippen LogP contribution in [-0.4, -0.2) is 35.1 Å². The Balaban J connectivity index is 1.96. The monoisotopic (exact) mass is 211 g/mol. The van der Waals surface area contributed by atoms with Crippen molar-refractivity contribution in [3.05, 3.63) is 0 Å². The van der Waals surface area contributed by atoms with Crippen LogP contribution in [0.5, 0.6) is 0 Å². The molecule has 0 amide bonds. The summed E-state index contributed by atoms with van der Waals surface area (Å²) in [5.41, 5.74) is 0. The Hall–Kier alpha value is -0.570. The lowest BCUT2D eigenvalue weighted by Gasteiger charge is -2.44. The molecule has 1 N–H and O–H groups in total. The highest BCUT2D eigenvalue weighted by atomic mass is 16.4. The fourth-order valence-electron chi connectivity index (χ4n) is 3.08. The normalized spacial score (nSPS) is 27.3. The molecule has 2 fully saturated rings. The Bertz CT molecular complexity index is 230. The lowest BCUT2D eigenvalue weighted by molar-refractivity contribution is -0.149. The fourth-order valence-corrected chi connectivity index (χ4v) is 3.08. The van der Waals surface area contributed by atoms with Crippen LogP contribution in [0.3, 0.4) is 0 Å². The van der Waals surface area contributed by atoms with E-state index < -0.39 is 5.97 Å². The van der Waals surface area contributed by atoms with Gasteiger partial charge in [-0.25, -0.2) is 0 Å². The van der Waals surface area contributed by atoms with Gasteiger partial charge < -0.3 is 5.11 Å². The van der Waals surface area contributed by atoms with E-state index in [1.807, 2.05) is 0 Å². The zero-order valence-corrected chi connectivity index (χ0v) is 9.48. The maximum absolute atomic E-state index is 11.3. The van der Waals surface area contributed by atoms with Crippen molar-refractivity contribution < 1.29 is 9.90 Å². The van der Waals surface area contributed by atoms with Crippen LogP contribution < -0.4 is 0 Å². The minimum absolute atomic E-state index is 0.193. The molecule has 0 aromatic carbocycles. The summed E-state index contributed by atoms with van der Waals surface area (Å²) in [4.78, 5) is 13.5. The molecule has 1 heterocycles. The molecule has 3 heteroatoms. The number of rotatable bonds is 3. The number of nitrogens with zero attached hydrogens (tertiary/aromatic N) is 1. The molecule has 2 rings (SSSR count). The van der Waals surface area contributed by atoms with Crippen LogP contribution in [0.1, 0.15) is 39.0 Å². The molecule has 1 saturated heterocycles. The van der Waals surface area contributed by atoms with Gasteiger partial charge in [-0.15, -0.1) is 0 Å². The first kappa shape index (κ1) is 10.9. The molecule has 3 nitrogen and oxygen atoms in total. The Kier molecular flexibility index (Phi) is 3.29. The summed E-state index contributed by atoms with van der Waals surface area (Å²) in [5, 5.41) is 9.31. The molecule has 0 aromatic rings. The molecule has 1 saturated carbocycles. The number of carboxylic acid groups (broad SMARTS) is 1. The minimum Gasteiger partial charge on any atom is -0.480 e. The van der Waals surface area contributed by atoms with Crippen LogP contribution in [-0.2, 0) is 4.79 Å². The van der Waals surface area contributed by atoms with Crippen molar-refractivity contribution in [1.29, 1.82) is 0 Å². The Morgan fingerprint density at radius 2 is 1.87 bits per heavy atom. The Labute approximate surface area is 91.5 Å². The molecule has 2 aliphatic rings. The van der Waals surface area contributed by atoms with Crippen LogP contribution >= 0.6 is 0 Å². The van der Waals surface area contributed by atoms with Gasteiger partial charge in [-0.1, -0.05) is 26.2 Å². The third-order valence-corrected chi connectivity index (χ3v) is 3.84. The molecule has 1 unspecified atom stereocenters. The number of hydrogen-bond donors (Lipinski definition) is 1. The molecule has 0 radical (unpaired) electrons. The van der Waals surface area contributed by atoms with Crippen LogP contribution in [0.2, 0.25) is 0 Å². The maximum atomic E-state index is 11.3. The molecule has 86 valence electrons. The van der Waals surface area contributed by atoms with Crippen molar-refractivity contribution in [2.24, 2.45) is 11.8 Å². The first-order chi connectivity index (χ1) is 7.18. The summed E-state index contributed by atoms with van der Waals surface area (Å²) in [7, 11) is 0. The fraction of sp³-hybridized carbons (Fsp3) is 0.917. The minimum atomic E-state index is -0.603. The summed E-state index contributed by atoms with van der Waals surface area (Å²) < 4.78 is 0. The first-order valence-corrected chi connectivity index (χ1v) is 6.15. The second-order valence-electron chi connectivity index (χ2n) is 5.24. The van der Waals surface area contributed by atoms with Gasteiger partial charge in [0.1, 0.15) is 6.04 Å². The van der Waals surface area contributed by atoms with Crippen LogP contribution in [0.25, 0.3) is 0 Å². The van der Waals surface area contributed by atoms with Crippen LogP contribution in [0.15, 0.2) is 0 Å². The summed E-state index contributed by atoms with van der Waals surface area (Å²) in [5.74, 6) is 0.494. The molecule has 0 spiro atoms. The second kappa shape index (κ2) is 4.52. The topological polar surface area (TPSA) is 40.5 Å². The lowest BCUT2D eigenvalue weighted by Crippen LogP contribution is -2.56. The van der Waals surface area contributed by atoms with E-state index >= 15 is 0 Å². The van der Waals surface area contributed by atoms with Crippen LogP contribution in [0, 0.1) is 11.8 Å². The van der Waals surface area contributed by atoms with E-state index in [1.165, 1.54) is 19.3 Å². The summed E-state index contributed by atoms with van der Waals surface area (Å²) in [6, 6.07) is -0.193. The smallest absolute Gasteiger partial charge is 0.321 e. The van der Waals surface area contributed by atoms with Gasteiger partial charge in [-0.2, -0.15) is 0 Å². The first-order valence-electron chi connectivity index (χ1n) is 6.15. The van der Waals surface area contributed by atoms with Gasteiger partial charge in [0.25, 0.3) is 0 Å². The van der Waals surface area contributed by atoms with Gasteiger partial charge in [0.15, 0.2) is 0 Å². The van der Waals surface area contributed by atoms with Crippen molar-refractivity contribution in [2.75, 3.05) is 13.1 Å². The quantitative estimate of drug-likeness (QED) is 0.776. The maximum Gasteiger partial charge on any atom is 0.321 e. The van der Waals surface area contributed by atoms with E-state index in [-0.39, 0.29) is 6.04 Å². The summed E-state index contributed by atoms with van der Waals surface area (Å²) in [6.45, 7) is 4.15. The zero-order chi connectivity index (χ0) is 10.8. The number of likely N-dealkylation sites (tertiary alicyclic amines) is 1. The van der Waals surface area contributed by atoms with E-state index in [4.69, 9.17) is 0 Å². The molecule has 0 bridgehead atoms. The van der Waals surface area contributed by atoms with Crippen molar-refractivity contribution >= 4 is 5.97 Å². The largest absolute Gasteiger partial charge is 0.480 e. The summed E-state index contributed by atoms with van der Waals surface area (Å²) in [6.07, 6.45) is 5.96. The van der Waals surface area contributed by atoms with Gasteiger partial charge in [0.2, 0.25) is 0 Å². The Morgan fingerprint density at radius 3 is 2.33 bits per heavy atom. The third-order valence-electron chi connectivity index (χ3n) is 3.84. The highest BCUT2D eigenvalue weighted by molar-refractivity contribution is 5.74. The van der Waals surface area contributed by atoms with Gasteiger partial charge in [0, 0.05) is 13.1 Å². The molecule has 15 heavy (non-hydrogen) atoms. The average Bonchev–Trinajstić information content (AvgIpc) is 2.17. The van der Waals surface area contributed by atoms with Gasteiger partial charge >= 0.3 is 5.97 Å². The predicted octanol–water partition coefficient (Wildman–Crippen LogP) is 1.97. The van der Waals surface area contributed by atoms with Gasteiger partial charge in [-0.05, 0) is 24.7 Å². The number of hydrogen-bond acceptors (Lipinski definition) is 2. The van der Waals surface area contributed by atoms with E-state index in [0.717, 1.165) is 25.9 Å². The molecule has 0 aromatic heterocycles. The highest BCUT2D eigenvalue weighted by Gasteiger charge is 2.39. The van der Waals surface area contributed by atoms with E-state index in [1.54, 1.807) is 0 Å². The predicted molar refractivity (Wildman–Crippen MR) is 58.7 cm³/mol. The van der Waals surface area contributed by atoms with Crippen molar-refractivity contribution in [1.82, 2.24) is 4.90 Å². The molecular weight excluding hydrogens is 190 g/mol. The number of carbonyl (C=O) groups is 1. The average molecular weight is 211 g/mol. The summed E-state index contributed by atoms with van der Waals surface area (Å²) >= 11 is 0. The van der Waals surface area contributed by atoms with E-state index in [2.05, 4.69) is 11.8 Å². The molecule has 1 aliphatic carbocycles. The van der Waals surface area contributed by atoms with E-state index in [0.29, 0.717) is 11.8 Å². The molecule has 1 aliphatic heterocycles. The van der Waals surface area contributed by atoms with Crippen molar-refractivity contribution in [2.45, 2.75) is 45.1 Å². The third kappa shape index (κ3) is 2.33. The number of aliphatic carboxylic acids is 1.